The van der Waals surface area contributed by atoms with Crippen molar-refractivity contribution in [2.45, 2.75) is 36.8 Å². The van der Waals surface area contributed by atoms with E-state index in [0.717, 1.165) is 19.1 Å². The molecule has 1 aliphatic rings. The Morgan fingerprint density at radius 3 is 2.41 bits per heavy atom. The van der Waals surface area contributed by atoms with Gasteiger partial charge in [0.1, 0.15) is 11.5 Å². The van der Waals surface area contributed by atoms with E-state index in [1.54, 1.807) is 12.1 Å². The number of sulfonamides is 2. The van der Waals surface area contributed by atoms with Crippen LogP contribution in [0, 0.1) is 0 Å². The number of hydrogen-bond acceptors (Lipinski definition) is 8. The van der Waals surface area contributed by atoms with Crippen molar-refractivity contribution in [3.05, 3.63) is 48.0 Å². The molecule has 2 aromatic rings. The van der Waals surface area contributed by atoms with Crippen LogP contribution in [0.25, 0.3) is 0 Å². The molecule has 0 saturated carbocycles. The van der Waals surface area contributed by atoms with Gasteiger partial charge in [0.05, 0.1) is 29.5 Å². The van der Waals surface area contributed by atoms with Crippen molar-refractivity contribution in [3.8, 4) is 11.5 Å². The molecular weight excluding hydrogens is 482 g/mol. The molecule has 0 amide bonds. The summed E-state index contributed by atoms with van der Waals surface area (Å²) < 4.78 is 57.6. The third-order valence-corrected chi connectivity index (χ3v) is 7.81. The van der Waals surface area contributed by atoms with Crippen LogP contribution in [0.5, 0.6) is 11.5 Å². The number of aliphatic hydroxyl groups excluding tert-OH is 1. The minimum Gasteiger partial charge on any atom is -0.506 e. The van der Waals surface area contributed by atoms with Crippen molar-refractivity contribution < 1.29 is 31.8 Å². The second-order valence-electron chi connectivity index (χ2n) is 8.27. The van der Waals surface area contributed by atoms with Gasteiger partial charge in [-0.15, -0.1) is 0 Å². The van der Waals surface area contributed by atoms with E-state index in [1.165, 1.54) is 34.6 Å². The lowest BCUT2D eigenvalue weighted by Crippen LogP contribution is -2.60. The van der Waals surface area contributed by atoms with Crippen LogP contribution in [0.1, 0.15) is 31.4 Å². The number of hydrogen-bond donors (Lipinski definition) is 4. The molecule has 10 nitrogen and oxygen atoms in total. The first-order chi connectivity index (χ1) is 16.0. The molecule has 1 heterocycles. The van der Waals surface area contributed by atoms with Crippen molar-refractivity contribution in [1.29, 1.82) is 0 Å². The van der Waals surface area contributed by atoms with E-state index in [0.29, 0.717) is 17.9 Å². The van der Waals surface area contributed by atoms with Crippen molar-refractivity contribution >= 4 is 25.7 Å². The van der Waals surface area contributed by atoms with Crippen molar-refractivity contribution in [2.75, 3.05) is 37.2 Å². The van der Waals surface area contributed by atoms with Gasteiger partial charge in [-0.05, 0) is 48.4 Å². The summed E-state index contributed by atoms with van der Waals surface area (Å²) in [6.45, 7) is 3.32. The predicted octanol–water partition coefficient (Wildman–Crippen LogP) is 1.64. The quantitative estimate of drug-likeness (QED) is 0.248. The topological polar surface area (TPSA) is 145 Å². The summed E-state index contributed by atoms with van der Waals surface area (Å²) in [6, 6.07) is 10.4. The number of rotatable bonds is 12. The van der Waals surface area contributed by atoms with Crippen LogP contribution in [0.4, 0.5) is 5.69 Å². The Morgan fingerprint density at radius 2 is 1.79 bits per heavy atom. The Hall–Kier alpha value is -2.38. The lowest BCUT2D eigenvalue weighted by atomic mass is 10.1. The number of benzene rings is 2. The highest BCUT2D eigenvalue weighted by atomic mass is 32.2. The lowest BCUT2D eigenvalue weighted by molar-refractivity contribution is 0.149. The van der Waals surface area contributed by atoms with Crippen LogP contribution in [-0.2, 0) is 20.0 Å². The van der Waals surface area contributed by atoms with Gasteiger partial charge >= 0.3 is 0 Å². The predicted molar refractivity (Wildman–Crippen MR) is 129 cm³/mol. The number of ether oxygens (including phenoxy) is 1. The average molecular weight is 514 g/mol. The zero-order valence-electron chi connectivity index (χ0n) is 19.1. The molecule has 4 N–H and O–H groups in total. The zero-order chi connectivity index (χ0) is 24.9. The summed E-state index contributed by atoms with van der Waals surface area (Å²) in [5.74, 6) is 0.378. The van der Waals surface area contributed by atoms with Crippen LogP contribution in [0.3, 0.4) is 0 Å². The zero-order valence-corrected chi connectivity index (χ0v) is 20.8. The van der Waals surface area contributed by atoms with E-state index in [-0.39, 0.29) is 42.0 Å². The van der Waals surface area contributed by atoms with Gasteiger partial charge in [-0.1, -0.05) is 19.4 Å². The molecule has 12 heteroatoms. The minimum absolute atomic E-state index is 0.0262. The van der Waals surface area contributed by atoms with E-state index < -0.39 is 26.2 Å². The molecule has 2 aromatic carbocycles. The maximum Gasteiger partial charge on any atom is 0.243 e. The Balaban J connectivity index is 1.51. The molecule has 0 unspecified atom stereocenters. The molecule has 188 valence electrons. The van der Waals surface area contributed by atoms with Crippen LogP contribution in [-0.4, -0.2) is 69.9 Å². The van der Waals surface area contributed by atoms with Crippen molar-refractivity contribution in [1.82, 2.24) is 9.62 Å². The Bertz CT molecular complexity index is 1180. The van der Waals surface area contributed by atoms with E-state index >= 15 is 0 Å². The molecule has 1 saturated heterocycles. The lowest BCUT2D eigenvalue weighted by Gasteiger charge is -2.39. The molecule has 0 spiro atoms. The molecule has 3 rings (SSSR count). The number of phenolic OH excluding ortho intramolecular Hbond substituents is 1. The summed E-state index contributed by atoms with van der Waals surface area (Å²) in [7, 11) is -7.20. The number of aromatic hydroxyl groups is 1. The molecule has 0 bridgehead atoms. The Labute approximate surface area is 200 Å². The van der Waals surface area contributed by atoms with E-state index in [9.17, 15) is 27.0 Å². The molecule has 34 heavy (non-hydrogen) atoms. The largest absolute Gasteiger partial charge is 0.506 e. The molecule has 1 atom stereocenters. The average Bonchev–Trinajstić information content (AvgIpc) is 2.73. The van der Waals surface area contributed by atoms with E-state index in [1.807, 2.05) is 0 Å². The van der Waals surface area contributed by atoms with Crippen molar-refractivity contribution in [2.24, 2.45) is 0 Å². The first-order valence-corrected chi connectivity index (χ1v) is 14.3. The minimum atomic E-state index is -3.61. The van der Waals surface area contributed by atoms with Crippen LogP contribution >= 0.6 is 0 Å². The first kappa shape index (κ1) is 26.2. The number of aliphatic hydroxyl groups is 1. The molecule has 0 aromatic heterocycles. The van der Waals surface area contributed by atoms with Gasteiger partial charge in [-0.25, -0.2) is 16.8 Å². The second kappa shape index (κ2) is 10.9. The van der Waals surface area contributed by atoms with Gasteiger partial charge in [-0.3, -0.25) is 4.72 Å². The smallest absolute Gasteiger partial charge is 0.243 e. The fraction of sp³-hybridized carbons (Fsp3) is 0.455. The highest BCUT2D eigenvalue weighted by Gasteiger charge is 2.36. The highest BCUT2D eigenvalue weighted by Crippen LogP contribution is 2.28. The van der Waals surface area contributed by atoms with Gasteiger partial charge in [0.25, 0.3) is 0 Å². The third-order valence-electron chi connectivity index (χ3n) is 5.38. The van der Waals surface area contributed by atoms with Gasteiger partial charge in [0.15, 0.2) is 0 Å². The summed E-state index contributed by atoms with van der Waals surface area (Å²) in [6.07, 6.45) is 1.93. The highest BCUT2D eigenvalue weighted by molar-refractivity contribution is 7.92. The number of anilines is 1. The maximum absolute atomic E-state index is 12.8. The first-order valence-electron chi connectivity index (χ1n) is 10.9. The summed E-state index contributed by atoms with van der Waals surface area (Å²) >= 11 is 0. The normalized spacial score (nSPS) is 16.1. The SMILES string of the molecule is CCCCOc1ccc(S(=O)(=O)N2CC(NC[C@H](O)c3ccc(O)c(NS(C)(=O)=O)c3)C2)cc1. The summed E-state index contributed by atoms with van der Waals surface area (Å²) in [5, 5.41) is 23.4. The fourth-order valence-electron chi connectivity index (χ4n) is 3.39. The number of unbranched alkanes of at least 4 members (excludes halogenated alkanes) is 1. The van der Waals surface area contributed by atoms with Gasteiger partial charge in [-0.2, -0.15) is 4.31 Å². The van der Waals surface area contributed by atoms with Crippen molar-refractivity contribution in [3.63, 3.8) is 0 Å². The van der Waals surface area contributed by atoms with Gasteiger partial charge in [0.2, 0.25) is 20.0 Å². The van der Waals surface area contributed by atoms with Crippen LogP contribution < -0.4 is 14.8 Å². The standard InChI is InChI=1S/C22H31N3O7S2/c1-3-4-11-32-18-6-8-19(9-7-18)34(30,31)25-14-17(15-25)23-13-22(27)16-5-10-21(26)20(12-16)24-33(2,28)29/h5-10,12,17,22-24,26-27H,3-4,11,13-15H2,1-2H3/t22-/m0/s1. The Morgan fingerprint density at radius 1 is 1.12 bits per heavy atom. The molecule has 1 aliphatic heterocycles. The summed E-state index contributed by atoms with van der Waals surface area (Å²) in [5.41, 5.74) is 0.378. The number of nitrogens with zero attached hydrogens (tertiary/aromatic N) is 1. The van der Waals surface area contributed by atoms with Crippen LogP contribution in [0.2, 0.25) is 0 Å². The fourth-order valence-corrected chi connectivity index (χ4v) is 5.49. The molecule has 1 fully saturated rings. The van der Waals surface area contributed by atoms with Crippen LogP contribution in [0.15, 0.2) is 47.4 Å². The maximum atomic E-state index is 12.8. The molecule has 0 radical (unpaired) electrons. The third kappa shape index (κ3) is 6.83. The molecule has 0 aliphatic carbocycles. The number of phenols is 1. The monoisotopic (exact) mass is 513 g/mol. The molecular formula is C22H31N3O7S2. The van der Waals surface area contributed by atoms with Gasteiger partial charge < -0.3 is 20.3 Å². The van der Waals surface area contributed by atoms with E-state index in [2.05, 4.69) is 17.0 Å². The second-order valence-corrected chi connectivity index (χ2v) is 12.0. The Kier molecular flexibility index (Phi) is 8.42. The number of nitrogens with one attached hydrogen (secondary N) is 2. The van der Waals surface area contributed by atoms with Gasteiger partial charge in [0, 0.05) is 25.7 Å². The van der Waals surface area contributed by atoms with E-state index in [4.69, 9.17) is 4.74 Å². The summed E-state index contributed by atoms with van der Waals surface area (Å²) in [4.78, 5) is 0.198.